The molecule has 1 atom stereocenters. The van der Waals surface area contributed by atoms with Crippen molar-refractivity contribution in [3.05, 3.63) is 74.2 Å². The maximum Gasteiger partial charge on any atom is 0.280 e. The monoisotopic (exact) mass is 531 g/mol. The Morgan fingerprint density at radius 1 is 1.11 bits per heavy atom. The van der Waals surface area contributed by atoms with E-state index in [0.29, 0.717) is 17.0 Å². The van der Waals surface area contributed by atoms with Gasteiger partial charge in [0, 0.05) is 11.7 Å². The van der Waals surface area contributed by atoms with Crippen LogP contribution in [0.2, 0.25) is 9.36 Å². The Morgan fingerprint density at radius 2 is 1.80 bits per heavy atom. The number of hydrogen-bond acceptors (Lipinski definition) is 5. The number of methoxy groups -OCH3 is 1. The van der Waals surface area contributed by atoms with Gasteiger partial charge in [-0.15, -0.1) is 0 Å². The summed E-state index contributed by atoms with van der Waals surface area (Å²) < 4.78 is 9.75. The van der Waals surface area contributed by atoms with Gasteiger partial charge < -0.3 is 10.1 Å². The lowest BCUT2D eigenvalue weighted by atomic mass is 9.99. The lowest BCUT2D eigenvalue weighted by molar-refractivity contribution is -0.123. The Balaban J connectivity index is 1.88. The third-order valence-electron chi connectivity index (χ3n) is 6.49. The molecular weight excluding hydrogens is 505 g/mol. The van der Waals surface area contributed by atoms with Gasteiger partial charge >= 0.3 is 0 Å². The number of aromatic nitrogens is 1. The van der Waals surface area contributed by atoms with Crippen molar-refractivity contribution in [2.45, 2.75) is 51.6 Å². The zero-order valence-electron chi connectivity index (χ0n) is 19.8. The van der Waals surface area contributed by atoms with Gasteiger partial charge in [-0.3, -0.25) is 14.5 Å². The molecule has 1 fully saturated rings. The number of aryl methyl sites for hydroxylation is 1. The standard InChI is InChI=1S/C26H27Cl2N3O3S/c1-15-7-6-10-20(16(15)2)31(26(33)22-21(27)24(28)35-30-22)23(17-11-13-19(34-3)14-12-17)25(32)29-18-8-4-5-9-18/h6-7,10-14,18,23H,4-5,8-9H2,1-3H3,(H,29,32)/t23-/m1/s1. The summed E-state index contributed by atoms with van der Waals surface area (Å²) in [7, 11) is 1.58. The molecule has 1 heterocycles. The molecule has 3 aromatic rings. The van der Waals surface area contributed by atoms with Gasteiger partial charge in [-0.05, 0) is 73.1 Å². The third kappa shape index (κ3) is 5.32. The number of hydrogen-bond donors (Lipinski definition) is 1. The number of amides is 2. The molecule has 4 rings (SSSR count). The van der Waals surface area contributed by atoms with Crippen LogP contribution in [0.5, 0.6) is 5.75 Å². The summed E-state index contributed by atoms with van der Waals surface area (Å²) in [6.45, 7) is 3.90. The first-order valence-corrected chi connectivity index (χ1v) is 13.0. The number of anilines is 1. The summed E-state index contributed by atoms with van der Waals surface area (Å²) in [5, 5.41) is 3.26. The number of nitrogens with one attached hydrogen (secondary N) is 1. The summed E-state index contributed by atoms with van der Waals surface area (Å²) >= 11 is 13.5. The summed E-state index contributed by atoms with van der Waals surface area (Å²) in [6, 6.07) is 12.0. The minimum Gasteiger partial charge on any atom is -0.497 e. The second kappa shape index (κ2) is 11.0. The van der Waals surface area contributed by atoms with E-state index in [4.69, 9.17) is 27.9 Å². The van der Waals surface area contributed by atoms with Crippen molar-refractivity contribution in [1.29, 1.82) is 0 Å². The zero-order valence-corrected chi connectivity index (χ0v) is 22.1. The fraction of sp³-hybridized carbons (Fsp3) is 0.346. The van der Waals surface area contributed by atoms with Crippen LogP contribution in [0.25, 0.3) is 0 Å². The molecule has 0 bridgehead atoms. The highest BCUT2D eigenvalue weighted by Crippen LogP contribution is 2.37. The smallest absolute Gasteiger partial charge is 0.280 e. The molecule has 1 N–H and O–H groups in total. The molecule has 1 aliphatic carbocycles. The normalized spacial score (nSPS) is 14.5. The highest BCUT2D eigenvalue weighted by atomic mass is 35.5. The minimum absolute atomic E-state index is 0.0229. The lowest BCUT2D eigenvalue weighted by Gasteiger charge is -2.33. The van der Waals surface area contributed by atoms with Crippen molar-refractivity contribution in [2.75, 3.05) is 12.0 Å². The van der Waals surface area contributed by atoms with Gasteiger partial charge in [-0.2, -0.15) is 4.37 Å². The summed E-state index contributed by atoms with van der Waals surface area (Å²) in [6.07, 6.45) is 3.99. The summed E-state index contributed by atoms with van der Waals surface area (Å²) in [5.74, 6) is -0.0920. The predicted molar refractivity (Wildman–Crippen MR) is 141 cm³/mol. The Hall–Kier alpha value is -2.61. The van der Waals surface area contributed by atoms with Gasteiger partial charge in [0.25, 0.3) is 5.91 Å². The van der Waals surface area contributed by atoms with E-state index in [0.717, 1.165) is 48.3 Å². The highest BCUT2D eigenvalue weighted by Gasteiger charge is 2.37. The molecule has 9 heteroatoms. The number of benzene rings is 2. The van der Waals surface area contributed by atoms with Gasteiger partial charge in [0.05, 0.1) is 7.11 Å². The maximum absolute atomic E-state index is 14.0. The fourth-order valence-electron chi connectivity index (χ4n) is 4.42. The first-order chi connectivity index (χ1) is 16.8. The van der Waals surface area contributed by atoms with Crippen molar-refractivity contribution in [2.24, 2.45) is 0 Å². The van der Waals surface area contributed by atoms with Crippen LogP contribution in [0, 0.1) is 13.8 Å². The van der Waals surface area contributed by atoms with Crippen LogP contribution < -0.4 is 15.0 Å². The van der Waals surface area contributed by atoms with Crippen LogP contribution in [0.3, 0.4) is 0 Å². The third-order valence-corrected chi connectivity index (χ3v) is 8.11. The minimum atomic E-state index is -0.953. The molecule has 35 heavy (non-hydrogen) atoms. The molecule has 1 aromatic heterocycles. The van der Waals surface area contributed by atoms with E-state index < -0.39 is 11.9 Å². The molecule has 0 radical (unpaired) electrons. The van der Waals surface area contributed by atoms with E-state index in [2.05, 4.69) is 9.69 Å². The van der Waals surface area contributed by atoms with E-state index in [1.807, 2.05) is 32.0 Å². The molecule has 0 saturated heterocycles. The molecular formula is C26H27Cl2N3O3S. The number of carbonyl (C=O) groups is 2. The van der Waals surface area contributed by atoms with Crippen LogP contribution in [0.15, 0.2) is 42.5 Å². The first kappa shape index (κ1) is 25.5. The second-order valence-corrected chi connectivity index (χ2v) is 10.4. The largest absolute Gasteiger partial charge is 0.497 e. The van der Waals surface area contributed by atoms with E-state index in [1.165, 1.54) is 4.90 Å². The van der Waals surface area contributed by atoms with E-state index in [1.54, 1.807) is 31.4 Å². The molecule has 2 aromatic carbocycles. The maximum atomic E-state index is 14.0. The van der Waals surface area contributed by atoms with Gasteiger partial charge in [0.2, 0.25) is 5.91 Å². The number of ether oxygens (including phenoxy) is 1. The van der Waals surface area contributed by atoms with Gasteiger partial charge in [-0.25, -0.2) is 0 Å². The Morgan fingerprint density at radius 3 is 2.40 bits per heavy atom. The average Bonchev–Trinajstić information content (AvgIpc) is 3.49. The Labute approximate surface area is 219 Å². The SMILES string of the molecule is COc1ccc([C@H](C(=O)NC2CCCC2)N(C(=O)c2nsc(Cl)c2Cl)c2cccc(C)c2C)cc1. The fourth-order valence-corrected chi connectivity index (χ4v) is 5.41. The van der Waals surface area contributed by atoms with E-state index in [9.17, 15) is 9.59 Å². The molecule has 0 unspecified atom stereocenters. The molecule has 1 aliphatic rings. The van der Waals surface area contributed by atoms with Crippen LogP contribution >= 0.6 is 34.7 Å². The molecule has 6 nitrogen and oxygen atoms in total. The number of rotatable bonds is 7. The lowest BCUT2D eigenvalue weighted by Crippen LogP contribution is -2.46. The molecule has 0 spiro atoms. The number of carbonyl (C=O) groups excluding carboxylic acids is 2. The summed E-state index contributed by atoms with van der Waals surface area (Å²) in [5.41, 5.74) is 3.15. The number of halogens is 2. The number of nitrogens with zero attached hydrogens (tertiary/aromatic N) is 2. The zero-order chi connectivity index (χ0) is 25.1. The van der Waals surface area contributed by atoms with Crippen molar-refractivity contribution in [3.8, 4) is 5.75 Å². The summed E-state index contributed by atoms with van der Waals surface area (Å²) in [4.78, 5) is 29.4. The average molecular weight is 532 g/mol. The quantitative estimate of drug-likeness (QED) is 0.376. The van der Waals surface area contributed by atoms with Crippen LogP contribution in [0.4, 0.5) is 5.69 Å². The van der Waals surface area contributed by atoms with Crippen LogP contribution in [-0.4, -0.2) is 29.3 Å². The van der Waals surface area contributed by atoms with Gasteiger partial charge in [0.1, 0.15) is 21.2 Å². The predicted octanol–water partition coefficient (Wildman–Crippen LogP) is 6.52. The molecule has 0 aliphatic heterocycles. The molecule has 1 saturated carbocycles. The van der Waals surface area contributed by atoms with E-state index in [-0.39, 0.29) is 27.0 Å². The van der Waals surface area contributed by atoms with Crippen LogP contribution in [0.1, 0.15) is 58.9 Å². The van der Waals surface area contributed by atoms with Crippen molar-refractivity contribution < 1.29 is 14.3 Å². The topological polar surface area (TPSA) is 71.5 Å². The molecule has 2 amide bonds. The first-order valence-electron chi connectivity index (χ1n) is 11.5. The Kier molecular flexibility index (Phi) is 7.99. The van der Waals surface area contributed by atoms with Crippen molar-refractivity contribution in [1.82, 2.24) is 9.69 Å². The van der Waals surface area contributed by atoms with E-state index >= 15 is 0 Å². The van der Waals surface area contributed by atoms with Crippen molar-refractivity contribution in [3.63, 3.8) is 0 Å². The second-order valence-electron chi connectivity index (χ2n) is 8.68. The Bertz CT molecular complexity index is 1220. The highest BCUT2D eigenvalue weighted by molar-refractivity contribution is 7.11. The molecule has 184 valence electrons. The van der Waals surface area contributed by atoms with Crippen LogP contribution in [-0.2, 0) is 4.79 Å². The van der Waals surface area contributed by atoms with Crippen molar-refractivity contribution >= 4 is 52.2 Å². The van der Waals surface area contributed by atoms with Gasteiger partial charge in [-0.1, -0.05) is 60.3 Å². The van der Waals surface area contributed by atoms with Gasteiger partial charge in [0.15, 0.2) is 5.69 Å².